The van der Waals surface area contributed by atoms with Gasteiger partial charge in [-0.1, -0.05) is 0 Å². The molecule has 0 saturated heterocycles. The van der Waals surface area contributed by atoms with Gasteiger partial charge in [-0.15, -0.1) is 0 Å². The summed E-state index contributed by atoms with van der Waals surface area (Å²) < 4.78 is 0. The van der Waals surface area contributed by atoms with Crippen molar-refractivity contribution in [1.29, 1.82) is 0 Å². The van der Waals surface area contributed by atoms with Crippen LogP contribution in [-0.4, -0.2) is 66.0 Å². The van der Waals surface area contributed by atoms with E-state index in [1.165, 1.54) is 0 Å². The Labute approximate surface area is 67.2 Å². The van der Waals surface area contributed by atoms with E-state index in [0.29, 0.717) is 0 Å². The van der Waals surface area contributed by atoms with E-state index in [9.17, 15) is 0 Å². The number of aliphatic hydroxyl groups excluding tert-OH is 2. The number of hydrogen-bond acceptors (Lipinski definition) is 8. The fourth-order valence-corrected chi connectivity index (χ4v) is 0. The molecular weight excluding hydrogens is 176 g/mol. The molecule has 8 heteroatoms. The van der Waals surface area contributed by atoms with Crippen LogP contribution in [0.25, 0.3) is 0 Å². The van der Waals surface area contributed by atoms with Crippen LogP contribution in [0.1, 0.15) is 0 Å². The first-order valence-electron chi connectivity index (χ1n) is 2.68. The van der Waals surface area contributed by atoms with Gasteiger partial charge < -0.3 is 40.9 Å². The minimum Gasteiger partial charge on any atom is -0.388 e. The Hall–Kier alpha value is -0.320. The first kappa shape index (κ1) is 14.2. The molecule has 0 aliphatic rings. The maximum Gasteiger partial charge on any atom is 0.299 e. The molecule has 0 aliphatic heterocycles. The number of rotatable bonds is 2. The maximum absolute atomic E-state index is 7.69. The van der Waals surface area contributed by atoms with Crippen molar-refractivity contribution >= 4 is 0 Å². The molecule has 0 heterocycles. The van der Waals surface area contributed by atoms with Crippen molar-refractivity contribution in [2.45, 2.75) is 11.9 Å². The summed E-state index contributed by atoms with van der Waals surface area (Å²) >= 11 is 0. The van der Waals surface area contributed by atoms with Crippen molar-refractivity contribution < 1.29 is 40.9 Å². The summed E-state index contributed by atoms with van der Waals surface area (Å²) in [6.07, 6.45) is 0. The van der Waals surface area contributed by atoms with Gasteiger partial charge >= 0.3 is 0 Å². The van der Waals surface area contributed by atoms with Gasteiger partial charge in [0.25, 0.3) is 11.9 Å². The van der Waals surface area contributed by atoms with E-state index in [2.05, 4.69) is 0 Å². The molecule has 0 bridgehead atoms. The second kappa shape index (κ2) is 5.35. The molecule has 0 aromatic heterocycles. The van der Waals surface area contributed by atoms with Crippen LogP contribution in [-0.2, 0) is 0 Å². The first-order chi connectivity index (χ1) is 5.12. The highest BCUT2D eigenvalue weighted by Gasteiger charge is 2.14. The lowest BCUT2D eigenvalue weighted by atomic mass is 10.6. The van der Waals surface area contributed by atoms with E-state index in [1.54, 1.807) is 0 Å². The zero-order valence-electron chi connectivity index (χ0n) is 5.99. The number of hydrogen-bond donors (Lipinski definition) is 8. The molecule has 0 spiro atoms. The molecule has 0 atom stereocenters. The van der Waals surface area contributed by atoms with Crippen LogP contribution in [0.5, 0.6) is 0 Å². The Morgan fingerprint density at radius 1 is 0.583 bits per heavy atom. The molecular formula is C4H12O8. The van der Waals surface area contributed by atoms with Crippen molar-refractivity contribution in [3.63, 3.8) is 0 Å². The molecule has 0 radical (unpaired) electrons. The van der Waals surface area contributed by atoms with Crippen LogP contribution >= 0.6 is 0 Å². The molecule has 0 fully saturated rings. The van der Waals surface area contributed by atoms with Gasteiger partial charge in [0.2, 0.25) is 0 Å². The van der Waals surface area contributed by atoms with E-state index in [1.807, 2.05) is 0 Å². The molecule has 0 saturated carbocycles. The minimum absolute atomic E-state index is 1.06. The lowest BCUT2D eigenvalue weighted by Crippen LogP contribution is -2.31. The third kappa shape index (κ3) is 22.6. The Kier molecular flexibility index (Phi) is 6.34. The van der Waals surface area contributed by atoms with Crippen LogP contribution in [0.2, 0.25) is 0 Å². The van der Waals surface area contributed by atoms with Gasteiger partial charge in [-0.25, -0.2) is 0 Å². The van der Waals surface area contributed by atoms with Crippen molar-refractivity contribution in [2.24, 2.45) is 0 Å². The third-order valence-corrected chi connectivity index (χ3v) is 0.424. The van der Waals surface area contributed by atoms with E-state index < -0.39 is 25.2 Å². The van der Waals surface area contributed by atoms with Crippen molar-refractivity contribution in [3.8, 4) is 0 Å². The highest BCUT2D eigenvalue weighted by atomic mass is 16.7. The molecule has 8 N–H and O–H groups in total. The Balaban J connectivity index is 0. The summed E-state index contributed by atoms with van der Waals surface area (Å²) in [7, 11) is 0. The van der Waals surface area contributed by atoms with E-state index >= 15 is 0 Å². The van der Waals surface area contributed by atoms with Gasteiger partial charge in [-0.05, 0) is 0 Å². The lowest BCUT2D eigenvalue weighted by molar-refractivity contribution is -0.327. The zero-order valence-corrected chi connectivity index (χ0v) is 5.99. The van der Waals surface area contributed by atoms with Gasteiger partial charge in [0.15, 0.2) is 0 Å². The van der Waals surface area contributed by atoms with Crippen LogP contribution in [0, 0.1) is 0 Å². The summed E-state index contributed by atoms with van der Waals surface area (Å²) in [5, 5.41) is 61.4. The van der Waals surface area contributed by atoms with Gasteiger partial charge in [0, 0.05) is 0 Å². The highest BCUT2D eigenvalue weighted by Crippen LogP contribution is 1.85. The Bertz CT molecular complexity index is 84.6. The van der Waals surface area contributed by atoms with Crippen LogP contribution in [0.15, 0.2) is 0 Å². The predicted molar refractivity (Wildman–Crippen MR) is 32.9 cm³/mol. The fraction of sp³-hybridized carbons (Fsp3) is 1.00. The SMILES string of the molecule is OCC(O)(O)O.OCC(O)(O)O. The molecule has 76 valence electrons. The average Bonchev–Trinajstić information content (AvgIpc) is 1.86. The second-order valence-corrected chi connectivity index (χ2v) is 1.86. The molecule has 12 heavy (non-hydrogen) atoms. The molecule has 0 aromatic rings. The first-order valence-corrected chi connectivity index (χ1v) is 2.68. The standard InChI is InChI=1S/2C2H6O4/c2*3-1-2(4,5)6/h2*3-6H,1H2. The average molecular weight is 188 g/mol. The molecule has 0 aromatic carbocycles. The lowest BCUT2D eigenvalue weighted by Gasteiger charge is -2.07. The van der Waals surface area contributed by atoms with Crippen LogP contribution in [0.4, 0.5) is 0 Å². The van der Waals surface area contributed by atoms with Crippen LogP contribution < -0.4 is 0 Å². The Morgan fingerprint density at radius 3 is 0.667 bits per heavy atom. The topological polar surface area (TPSA) is 162 Å². The van der Waals surface area contributed by atoms with Gasteiger partial charge in [-0.2, -0.15) is 0 Å². The highest BCUT2D eigenvalue weighted by molar-refractivity contribution is 4.35. The molecule has 0 aliphatic carbocycles. The van der Waals surface area contributed by atoms with Crippen molar-refractivity contribution in [2.75, 3.05) is 13.2 Å². The van der Waals surface area contributed by atoms with Gasteiger partial charge in [0.05, 0.1) is 0 Å². The van der Waals surface area contributed by atoms with Crippen molar-refractivity contribution in [1.82, 2.24) is 0 Å². The predicted octanol–water partition coefficient (Wildman–Crippen LogP) is -4.78. The quantitative estimate of drug-likeness (QED) is 0.200. The normalized spacial score (nSPS) is 12.0. The van der Waals surface area contributed by atoms with Gasteiger partial charge in [-0.3, -0.25) is 0 Å². The third-order valence-electron chi connectivity index (χ3n) is 0.424. The Morgan fingerprint density at radius 2 is 0.667 bits per heavy atom. The largest absolute Gasteiger partial charge is 0.388 e. The van der Waals surface area contributed by atoms with Crippen LogP contribution in [0.3, 0.4) is 0 Å². The summed E-state index contributed by atoms with van der Waals surface area (Å²) in [6, 6.07) is 0. The summed E-state index contributed by atoms with van der Waals surface area (Å²) in [5.41, 5.74) is 0. The molecule has 0 unspecified atom stereocenters. The molecule has 8 nitrogen and oxygen atoms in total. The fourth-order valence-electron chi connectivity index (χ4n) is 0. The number of aliphatic hydroxyl groups is 8. The zero-order chi connectivity index (χ0) is 10.4. The second-order valence-electron chi connectivity index (χ2n) is 1.86. The van der Waals surface area contributed by atoms with Crippen molar-refractivity contribution in [3.05, 3.63) is 0 Å². The summed E-state index contributed by atoms with van der Waals surface area (Å²) in [5.74, 6) is -5.81. The summed E-state index contributed by atoms with van der Waals surface area (Å²) in [6.45, 7) is -2.12. The summed E-state index contributed by atoms with van der Waals surface area (Å²) in [4.78, 5) is 0. The monoisotopic (exact) mass is 188 g/mol. The molecule has 0 rings (SSSR count). The smallest absolute Gasteiger partial charge is 0.299 e. The van der Waals surface area contributed by atoms with Gasteiger partial charge in [0.1, 0.15) is 13.2 Å². The molecule has 0 amide bonds. The maximum atomic E-state index is 7.69. The van der Waals surface area contributed by atoms with E-state index in [-0.39, 0.29) is 0 Å². The van der Waals surface area contributed by atoms with E-state index in [0.717, 1.165) is 0 Å². The minimum atomic E-state index is -2.90. The van der Waals surface area contributed by atoms with E-state index in [4.69, 9.17) is 40.9 Å².